The Morgan fingerprint density at radius 1 is 1.44 bits per heavy atom. The molecule has 3 heterocycles. The van der Waals surface area contributed by atoms with Crippen LogP contribution in [0.2, 0.25) is 5.15 Å². The van der Waals surface area contributed by atoms with Crippen LogP contribution in [-0.4, -0.2) is 41.6 Å². The number of carbonyl (C=O) groups is 1. The van der Waals surface area contributed by atoms with Crippen molar-refractivity contribution in [1.29, 1.82) is 0 Å². The molecule has 0 saturated carbocycles. The third-order valence-corrected chi connectivity index (χ3v) is 5.17. The Labute approximate surface area is 163 Å². The lowest BCUT2D eigenvalue weighted by Crippen LogP contribution is -2.26. The first kappa shape index (κ1) is 19.2. The second-order valence-corrected chi connectivity index (χ2v) is 6.95. The number of hydrogen-bond donors (Lipinski definition) is 2. The average Bonchev–Trinajstić information content (AvgIpc) is 2.95. The van der Waals surface area contributed by atoms with Crippen molar-refractivity contribution in [2.75, 3.05) is 31.3 Å². The number of aryl methyl sites for hydroxylation is 1. The quantitative estimate of drug-likeness (QED) is 0.751. The number of nitrogens with two attached hydrogens (primary N) is 1. The van der Waals surface area contributed by atoms with Crippen molar-refractivity contribution >= 4 is 29.3 Å². The second kappa shape index (κ2) is 7.56. The molecule has 0 bridgehead atoms. The minimum atomic E-state index is -0.103. The predicted octanol–water partition coefficient (Wildman–Crippen LogP) is 1.97. The van der Waals surface area contributed by atoms with Crippen molar-refractivity contribution in [3.8, 4) is 5.75 Å². The van der Waals surface area contributed by atoms with E-state index in [-0.39, 0.29) is 17.8 Å². The number of anilines is 2. The minimum absolute atomic E-state index is 0.0597. The van der Waals surface area contributed by atoms with Crippen LogP contribution in [0.5, 0.6) is 5.75 Å². The molecule has 27 heavy (non-hydrogen) atoms. The Kier molecular flexibility index (Phi) is 5.36. The predicted molar refractivity (Wildman–Crippen MR) is 104 cm³/mol. The van der Waals surface area contributed by atoms with Gasteiger partial charge >= 0.3 is 0 Å². The SMILES string of the molecule is CNC(=O)CC1CN(Cc2cnc(C)c(OC)c2C)c2nc(N)nc(Cl)c21. The van der Waals surface area contributed by atoms with Crippen LogP contribution in [0.25, 0.3) is 0 Å². The minimum Gasteiger partial charge on any atom is -0.495 e. The summed E-state index contributed by atoms with van der Waals surface area (Å²) in [4.78, 5) is 26.9. The fraction of sp³-hybridized carbons (Fsp3) is 0.444. The first-order valence-electron chi connectivity index (χ1n) is 8.63. The van der Waals surface area contributed by atoms with E-state index in [4.69, 9.17) is 22.1 Å². The highest BCUT2D eigenvalue weighted by Crippen LogP contribution is 2.42. The third kappa shape index (κ3) is 3.62. The number of rotatable bonds is 5. The average molecular weight is 391 g/mol. The number of amides is 1. The van der Waals surface area contributed by atoms with Crippen molar-refractivity contribution in [1.82, 2.24) is 20.3 Å². The standard InChI is InChI=1S/C18H23ClN6O2/c1-9-12(6-22-10(2)15(9)27-4)8-25-7-11(5-13(26)21-3)14-16(19)23-18(20)24-17(14)25/h6,11H,5,7-8H2,1-4H3,(H,21,26)(H2,20,23,24). The fourth-order valence-electron chi connectivity index (χ4n) is 3.53. The molecule has 1 amide bonds. The number of aromatic nitrogens is 3. The molecule has 1 aliphatic heterocycles. The van der Waals surface area contributed by atoms with Crippen LogP contribution in [0.4, 0.5) is 11.8 Å². The molecule has 0 radical (unpaired) electrons. The normalized spacial score (nSPS) is 15.6. The summed E-state index contributed by atoms with van der Waals surface area (Å²) in [7, 11) is 3.25. The van der Waals surface area contributed by atoms with E-state index in [2.05, 4.69) is 25.2 Å². The molecular weight excluding hydrogens is 368 g/mol. The number of halogens is 1. The number of nitrogen functional groups attached to an aromatic ring is 1. The van der Waals surface area contributed by atoms with Crippen LogP contribution in [0.15, 0.2) is 6.20 Å². The smallest absolute Gasteiger partial charge is 0.223 e. The van der Waals surface area contributed by atoms with E-state index in [1.54, 1.807) is 14.2 Å². The summed E-state index contributed by atoms with van der Waals surface area (Å²) in [6.07, 6.45) is 2.15. The fourth-order valence-corrected chi connectivity index (χ4v) is 3.85. The van der Waals surface area contributed by atoms with Crippen molar-refractivity contribution in [2.24, 2.45) is 0 Å². The Morgan fingerprint density at radius 3 is 2.85 bits per heavy atom. The number of carbonyl (C=O) groups excluding carboxylic acids is 1. The molecule has 0 saturated heterocycles. The van der Waals surface area contributed by atoms with Crippen LogP contribution in [0, 0.1) is 13.8 Å². The molecular formula is C18H23ClN6O2. The van der Waals surface area contributed by atoms with E-state index in [1.807, 2.05) is 20.0 Å². The maximum Gasteiger partial charge on any atom is 0.223 e. The number of pyridine rings is 1. The van der Waals surface area contributed by atoms with Crippen LogP contribution in [0.1, 0.15) is 34.7 Å². The highest BCUT2D eigenvalue weighted by molar-refractivity contribution is 6.30. The lowest BCUT2D eigenvalue weighted by molar-refractivity contribution is -0.120. The van der Waals surface area contributed by atoms with Crippen LogP contribution in [0.3, 0.4) is 0 Å². The molecule has 3 rings (SSSR count). The highest BCUT2D eigenvalue weighted by Gasteiger charge is 2.35. The molecule has 0 fully saturated rings. The molecule has 0 aliphatic carbocycles. The Hall–Kier alpha value is -2.61. The summed E-state index contributed by atoms with van der Waals surface area (Å²) in [5.41, 5.74) is 9.45. The van der Waals surface area contributed by atoms with Gasteiger partial charge in [-0.2, -0.15) is 4.98 Å². The molecule has 0 spiro atoms. The first-order chi connectivity index (χ1) is 12.8. The number of nitrogens with one attached hydrogen (secondary N) is 1. The molecule has 3 N–H and O–H groups in total. The lowest BCUT2D eigenvalue weighted by atomic mass is 10.0. The third-order valence-electron chi connectivity index (χ3n) is 4.89. The summed E-state index contributed by atoms with van der Waals surface area (Å²) in [5.74, 6) is 1.39. The summed E-state index contributed by atoms with van der Waals surface area (Å²) in [5, 5.41) is 2.95. The van der Waals surface area contributed by atoms with E-state index in [0.717, 1.165) is 28.1 Å². The molecule has 2 aromatic rings. The van der Waals surface area contributed by atoms with Crippen LogP contribution >= 0.6 is 11.6 Å². The Balaban J connectivity index is 1.97. The van der Waals surface area contributed by atoms with Crippen LogP contribution in [-0.2, 0) is 11.3 Å². The van der Waals surface area contributed by atoms with E-state index in [1.165, 1.54) is 0 Å². The zero-order chi connectivity index (χ0) is 19.7. The maximum absolute atomic E-state index is 11.9. The van der Waals surface area contributed by atoms with Crippen LogP contribution < -0.4 is 20.7 Å². The number of ether oxygens (including phenoxy) is 1. The topological polar surface area (TPSA) is 106 Å². The zero-order valence-corrected chi connectivity index (χ0v) is 16.6. The number of methoxy groups -OCH3 is 1. The van der Waals surface area contributed by atoms with Gasteiger partial charge < -0.3 is 20.7 Å². The van der Waals surface area contributed by atoms with Gasteiger partial charge in [0.05, 0.1) is 12.8 Å². The van der Waals surface area contributed by atoms with Gasteiger partial charge in [0, 0.05) is 44.2 Å². The molecule has 0 aromatic carbocycles. The van der Waals surface area contributed by atoms with E-state index >= 15 is 0 Å². The molecule has 9 heteroatoms. The number of fused-ring (bicyclic) bond motifs is 1. The Bertz CT molecular complexity index is 889. The Morgan fingerprint density at radius 2 is 2.19 bits per heavy atom. The van der Waals surface area contributed by atoms with Gasteiger partial charge in [-0.05, 0) is 25.0 Å². The van der Waals surface area contributed by atoms with E-state index in [9.17, 15) is 4.79 Å². The van der Waals surface area contributed by atoms with Crippen molar-refractivity contribution in [3.63, 3.8) is 0 Å². The molecule has 1 aliphatic rings. The molecule has 144 valence electrons. The lowest BCUT2D eigenvalue weighted by Gasteiger charge is -2.21. The number of nitrogens with zero attached hydrogens (tertiary/aromatic N) is 4. The van der Waals surface area contributed by atoms with Gasteiger partial charge in [-0.1, -0.05) is 11.6 Å². The molecule has 8 nitrogen and oxygen atoms in total. The maximum atomic E-state index is 11.9. The van der Waals surface area contributed by atoms with Gasteiger partial charge in [-0.3, -0.25) is 9.78 Å². The van der Waals surface area contributed by atoms with Crippen molar-refractivity contribution in [3.05, 3.63) is 33.7 Å². The highest BCUT2D eigenvalue weighted by atomic mass is 35.5. The largest absolute Gasteiger partial charge is 0.495 e. The van der Waals surface area contributed by atoms with Gasteiger partial charge in [0.25, 0.3) is 0 Å². The molecule has 1 atom stereocenters. The van der Waals surface area contributed by atoms with Crippen molar-refractivity contribution < 1.29 is 9.53 Å². The second-order valence-electron chi connectivity index (χ2n) is 6.59. The van der Waals surface area contributed by atoms with Gasteiger partial charge in [0.15, 0.2) is 0 Å². The van der Waals surface area contributed by atoms with Gasteiger partial charge in [-0.25, -0.2) is 4.98 Å². The summed E-state index contributed by atoms with van der Waals surface area (Å²) >= 11 is 6.34. The van der Waals surface area contributed by atoms with Gasteiger partial charge in [-0.15, -0.1) is 0 Å². The summed E-state index contributed by atoms with van der Waals surface area (Å²) < 4.78 is 5.48. The van der Waals surface area contributed by atoms with E-state index in [0.29, 0.717) is 30.5 Å². The summed E-state index contributed by atoms with van der Waals surface area (Å²) in [6.45, 7) is 5.06. The van der Waals surface area contributed by atoms with E-state index < -0.39 is 0 Å². The monoisotopic (exact) mass is 390 g/mol. The molecule has 1 unspecified atom stereocenters. The van der Waals surface area contributed by atoms with Crippen molar-refractivity contribution in [2.45, 2.75) is 32.7 Å². The number of hydrogen-bond acceptors (Lipinski definition) is 7. The van der Waals surface area contributed by atoms with Gasteiger partial charge in [0.1, 0.15) is 16.7 Å². The first-order valence-corrected chi connectivity index (χ1v) is 9.01. The summed E-state index contributed by atoms with van der Waals surface area (Å²) in [6, 6.07) is 0. The van der Waals surface area contributed by atoms with Gasteiger partial charge in [0.2, 0.25) is 11.9 Å². The zero-order valence-electron chi connectivity index (χ0n) is 15.8. The molecule has 2 aromatic heterocycles.